The molecule has 0 radical (unpaired) electrons. The highest BCUT2D eigenvalue weighted by molar-refractivity contribution is 9.10. The van der Waals surface area contributed by atoms with E-state index >= 15 is 0 Å². The van der Waals surface area contributed by atoms with Gasteiger partial charge in [-0.2, -0.15) is 5.26 Å². The molecule has 0 saturated heterocycles. The molecule has 0 aromatic heterocycles. The average Bonchev–Trinajstić information content (AvgIpc) is 2.42. The van der Waals surface area contributed by atoms with Crippen molar-refractivity contribution in [2.24, 2.45) is 0 Å². The molecule has 0 saturated carbocycles. The Kier molecular flexibility index (Phi) is 4.53. The number of Topliss-reactive ketones (excluding diaryl/α,β-unsaturated/α-hetero) is 1. The van der Waals surface area contributed by atoms with E-state index in [9.17, 15) is 14.4 Å². The molecule has 0 aliphatic heterocycles. The smallest absolute Gasteiger partial charge is 0.184 e. The summed E-state index contributed by atoms with van der Waals surface area (Å²) in [4.78, 5) is 12.3. The summed E-state index contributed by atoms with van der Waals surface area (Å²) in [5, 5.41) is 9.30. The number of hydrogen-bond acceptors (Lipinski definition) is 2. The molecule has 5 heteroatoms. The maximum atomic E-state index is 13.0. The van der Waals surface area contributed by atoms with E-state index in [0.717, 1.165) is 10.5 Å². The minimum atomic E-state index is -1.05. The van der Waals surface area contributed by atoms with Crippen molar-refractivity contribution < 1.29 is 9.18 Å². The van der Waals surface area contributed by atoms with Gasteiger partial charge in [-0.25, -0.2) is 4.39 Å². The van der Waals surface area contributed by atoms with Crippen LogP contribution in [0.4, 0.5) is 4.39 Å². The second-order valence-electron chi connectivity index (χ2n) is 4.10. The van der Waals surface area contributed by atoms with Crippen LogP contribution in [0.1, 0.15) is 21.8 Å². The first-order valence-electron chi connectivity index (χ1n) is 5.67. The molecule has 2 nitrogen and oxygen atoms in total. The Bertz CT molecular complexity index is 694. The number of benzene rings is 2. The number of carbonyl (C=O) groups excluding carboxylic acids is 1. The van der Waals surface area contributed by atoms with Crippen molar-refractivity contribution in [3.8, 4) is 6.07 Å². The van der Waals surface area contributed by atoms with Gasteiger partial charge in [0.05, 0.1) is 6.07 Å². The van der Waals surface area contributed by atoms with Gasteiger partial charge in [-0.3, -0.25) is 4.79 Å². The van der Waals surface area contributed by atoms with Crippen LogP contribution in [0.5, 0.6) is 0 Å². The van der Waals surface area contributed by atoms with Gasteiger partial charge in [-0.05, 0) is 29.8 Å². The molecule has 2 aromatic carbocycles. The van der Waals surface area contributed by atoms with Crippen molar-refractivity contribution in [1.82, 2.24) is 0 Å². The van der Waals surface area contributed by atoms with Gasteiger partial charge in [0.15, 0.2) is 5.78 Å². The first-order valence-corrected chi connectivity index (χ1v) is 6.84. The highest BCUT2D eigenvalue weighted by Gasteiger charge is 2.24. The molecular formula is C15H8BrClFNO. The predicted octanol–water partition coefficient (Wildman–Crippen LogP) is 4.73. The second kappa shape index (κ2) is 6.17. The first kappa shape index (κ1) is 14.7. The van der Waals surface area contributed by atoms with Crippen LogP contribution in [0, 0.1) is 17.1 Å². The molecule has 0 spiro atoms. The zero-order valence-electron chi connectivity index (χ0n) is 10.1. The summed E-state index contributed by atoms with van der Waals surface area (Å²) in [5.74, 6) is -1.93. The molecule has 2 aromatic rings. The summed E-state index contributed by atoms with van der Waals surface area (Å²) < 4.78 is 13.9. The highest BCUT2D eigenvalue weighted by Crippen LogP contribution is 2.28. The van der Waals surface area contributed by atoms with Crippen molar-refractivity contribution in [3.63, 3.8) is 0 Å². The Balaban J connectivity index is 2.40. The van der Waals surface area contributed by atoms with Gasteiger partial charge < -0.3 is 0 Å². The zero-order valence-corrected chi connectivity index (χ0v) is 12.5. The lowest BCUT2D eigenvalue weighted by Gasteiger charge is -2.10. The van der Waals surface area contributed by atoms with Crippen molar-refractivity contribution in [2.75, 3.05) is 0 Å². The molecule has 1 unspecified atom stereocenters. The Morgan fingerprint density at radius 3 is 2.45 bits per heavy atom. The van der Waals surface area contributed by atoms with Crippen molar-refractivity contribution in [2.45, 2.75) is 5.92 Å². The lowest BCUT2D eigenvalue weighted by Crippen LogP contribution is -2.11. The zero-order chi connectivity index (χ0) is 14.7. The number of nitriles is 1. The number of halogens is 3. The Morgan fingerprint density at radius 1 is 1.25 bits per heavy atom. The minimum Gasteiger partial charge on any atom is -0.292 e. The first-order chi connectivity index (χ1) is 9.52. The molecule has 100 valence electrons. The van der Waals surface area contributed by atoms with E-state index in [4.69, 9.17) is 11.6 Å². The molecular weight excluding hydrogens is 345 g/mol. The SMILES string of the molecule is N#CC(C(=O)c1ccc(Br)cc1)c1ccc(F)cc1Cl. The van der Waals surface area contributed by atoms with Gasteiger partial charge in [0.25, 0.3) is 0 Å². The van der Waals surface area contributed by atoms with E-state index in [-0.39, 0.29) is 10.8 Å². The standard InChI is InChI=1S/C15H8BrClFNO/c16-10-3-1-9(2-4-10)15(20)13(8-19)12-6-5-11(18)7-14(12)17/h1-7,13H. The minimum absolute atomic E-state index is 0.0713. The number of carbonyl (C=O) groups is 1. The summed E-state index contributed by atoms with van der Waals surface area (Å²) in [6.07, 6.45) is 0. The molecule has 0 heterocycles. The summed E-state index contributed by atoms with van der Waals surface area (Å²) in [6.45, 7) is 0. The number of hydrogen-bond donors (Lipinski definition) is 0. The number of rotatable bonds is 3. The Hall–Kier alpha value is -1.70. The van der Waals surface area contributed by atoms with Crippen LogP contribution in [-0.2, 0) is 0 Å². The normalized spacial score (nSPS) is 11.7. The van der Waals surface area contributed by atoms with Gasteiger partial charge in [-0.1, -0.05) is 45.7 Å². The molecule has 0 amide bonds. The molecule has 20 heavy (non-hydrogen) atoms. The van der Waals surface area contributed by atoms with Crippen molar-refractivity contribution in [3.05, 3.63) is 68.9 Å². The number of nitrogens with zero attached hydrogens (tertiary/aromatic N) is 1. The fourth-order valence-electron chi connectivity index (χ4n) is 1.79. The molecule has 0 N–H and O–H groups in total. The molecule has 0 aliphatic rings. The van der Waals surface area contributed by atoms with Gasteiger partial charge in [0.2, 0.25) is 0 Å². The van der Waals surface area contributed by atoms with Crippen LogP contribution in [-0.4, -0.2) is 5.78 Å². The van der Waals surface area contributed by atoms with Gasteiger partial charge >= 0.3 is 0 Å². The van der Waals surface area contributed by atoms with Gasteiger partial charge in [-0.15, -0.1) is 0 Å². The monoisotopic (exact) mass is 351 g/mol. The largest absolute Gasteiger partial charge is 0.292 e. The predicted molar refractivity (Wildman–Crippen MR) is 78.2 cm³/mol. The molecule has 0 bridgehead atoms. The van der Waals surface area contributed by atoms with Crippen LogP contribution in [0.25, 0.3) is 0 Å². The van der Waals surface area contributed by atoms with Crippen molar-refractivity contribution in [1.29, 1.82) is 5.26 Å². The quantitative estimate of drug-likeness (QED) is 0.749. The summed E-state index contributed by atoms with van der Waals surface area (Å²) in [7, 11) is 0. The van der Waals surface area contributed by atoms with Gasteiger partial charge in [0.1, 0.15) is 11.7 Å². The Morgan fingerprint density at radius 2 is 1.90 bits per heavy atom. The van der Waals surface area contributed by atoms with E-state index in [1.807, 2.05) is 6.07 Å². The molecule has 0 aliphatic carbocycles. The summed E-state index contributed by atoms with van der Waals surface area (Å²) >= 11 is 9.18. The lowest BCUT2D eigenvalue weighted by molar-refractivity contribution is 0.0979. The maximum Gasteiger partial charge on any atom is 0.184 e. The van der Waals surface area contributed by atoms with E-state index < -0.39 is 11.7 Å². The van der Waals surface area contributed by atoms with E-state index in [2.05, 4.69) is 15.9 Å². The van der Waals surface area contributed by atoms with Crippen LogP contribution in [0.15, 0.2) is 46.9 Å². The van der Waals surface area contributed by atoms with E-state index in [1.54, 1.807) is 24.3 Å². The second-order valence-corrected chi connectivity index (χ2v) is 5.42. The van der Waals surface area contributed by atoms with E-state index in [1.165, 1.54) is 12.1 Å². The van der Waals surface area contributed by atoms with Crippen LogP contribution in [0.2, 0.25) is 5.02 Å². The molecule has 0 fully saturated rings. The van der Waals surface area contributed by atoms with Crippen LogP contribution >= 0.6 is 27.5 Å². The third kappa shape index (κ3) is 3.06. The molecule has 1 atom stereocenters. The topological polar surface area (TPSA) is 40.9 Å². The maximum absolute atomic E-state index is 13.0. The lowest BCUT2D eigenvalue weighted by atomic mass is 9.92. The van der Waals surface area contributed by atoms with Gasteiger partial charge in [0, 0.05) is 15.1 Å². The van der Waals surface area contributed by atoms with Crippen LogP contribution in [0.3, 0.4) is 0 Å². The fourth-order valence-corrected chi connectivity index (χ4v) is 2.33. The highest BCUT2D eigenvalue weighted by atomic mass is 79.9. The third-order valence-corrected chi connectivity index (χ3v) is 3.65. The Labute approximate surface area is 128 Å². The van der Waals surface area contributed by atoms with E-state index in [0.29, 0.717) is 11.1 Å². The third-order valence-electron chi connectivity index (χ3n) is 2.79. The average molecular weight is 353 g/mol. The fraction of sp³-hybridized carbons (Fsp3) is 0.0667. The molecule has 2 rings (SSSR count). The van der Waals surface area contributed by atoms with Crippen LogP contribution < -0.4 is 0 Å². The summed E-state index contributed by atoms with van der Waals surface area (Å²) in [6, 6.07) is 12.2. The van der Waals surface area contributed by atoms with Crippen molar-refractivity contribution >= 4 is 33.3 Å². The summed E-state index contributed by atoms with van der Waals surface area (Å²) in [5.41, 5.74) is 0.712. The number of ketones is 1.